The molecule has 26 heavy (non-hydrogen) atoms. The highest BCUT2D eigenvalue weighted by atomic mass is 32.2. The van der Waals surface area contributed by atoms with E-state index in [1.165, 1.54) is 0 Å². The number of hydrogen-bond donors (Lipinski definition) is 2. The second kappa shape index (κ2) is 8.85. The zero-order valence-corrected chi connectivity index (χ0v) is 17.0. The molecule has 1 fully saturated rings. The van der Waals surface area contributed by atoms with Gasteiger partial charge in [-0.15, -0.1) is 0 Å². The first-order valence-electron chi connectivity index (χ1n) is 9.10. The first-order valence-corrected chi connectivity index (χ1v) is 10.9. The fraction of sp³-hybridized carbons (Fsp3) is 0.765. The molecule has 2 heterocycles. The molecule has 9 heteroatoms. The second-order valence-electron chi connectivity index (χ2n) is 7.48. The van der Waals surface area contributed by atoms with Crippen LogP contribution in [0.15, 0.2) is 15.6 Å². The van der Waals surface area contributed by atoms with Gasteiger partial charge in [0, 0.05) is 38.1 Å². The summed E-state index contributed by atoms with van der Waals surface area (Å²) in [5.74, 6) is 2.64. The van der Waals surface area contributed by atoms with E-state index in [-0.39, 0.29) is 16.9 Å². The van der Waals surface area contributed by atoms with Gasteiger partial charge in [-0.05, 0) is 6.92 Å². The summed E-state index contributed by atoms with van der Waals surface area (Å²) in [5.41, 5.74) is -0.0698. The molecule has 0 radical (unpaired) electrons. The van der Waals surface area contributed by atoms with Crippen LogP contribution in [0.5, 0.6) is 0 Å². The van der Waals surface area contributed by atoms with Crippen LogP contribution in [0.4, 0.5) is 0 Å². The predicted octanol–water partition coefficient (Wildman–Crippen LogP) is 0.758. The van der Waals surface area contributed by atoms with Crippen molar-refractivity contribution in [3.05, 3.63) is 17.8 Å². The number of oxazole rings is 1. The molecular weight excluding hydrogens is 354 g/mol. The van der Waals surface area contributed by atoms with Crippen molar-refractivity contribution in [1.29, 1.82) is 0 Å². The first-order chi connectivity index (χ1) is 12.2. The molecule has 2 N–H and O–H groups in total. The lowest BCUT2D eigenvalue weighted by Gasteiger charge is -2.26. The van der Waals surface area contributed by atoms with E-state index < -0.39 is 9.84 Å². The monoisotopic (exact) mass is 385 g/mol. The summed E-state index contributed by atoms with van der Waals surface area (Å²) in [5, 5.41) is 6.47. The summed E-state index contributed by atoms with van der Waals surface area (Å²) in [4.78, 5) is 11.0. The van der Waals surface area contributed by atoms with Gasteiger partial charge in [0.05, 0.1) is 17.7 Å². The van der Waals surface area contributed by atoms with Gasteiger partial charge in [-0.3, -0.25) is 4.90 Å². The standard InChI is InChI=1S/C17H31N5O3S/c1-5-18-16(19-6-7-22-8-10-26(23,24)11-9-22)21-13-15-20-12-14(25-15)17(2,3)4/h12H,5-11,13H2,1-4H3,(H2,18,19,21). The van der Waals surface area contributed by atoms with Gasteiger partial charge in [0.1, 0.15) is 12.3 Å². The summed E-state index contributed by atoms with van der Waals surface area (Å²) >= 11 is 0. The van der Waals surface area contributed by atoms with Gasteiger partial charge in [0.15, 0.2) is 15.8 Å². The maximum Gasteiger partial charge on any atom is 0.216 e. The summed E-state index contributed by atoms with van der Waals surface area (Å²) in [7, 11) is -2.83. The topological polar surface area (TPSA) is 99.8 Å². The van der Waals surface area contributed by atoms with Crippen LogP contribution in [0.2, 0.25) is 0 Å². The molecule has 1 aromatic heterocycles. The molecule has 0 aromatic carbocycles. The van der Waals surface area contributed by atoms with Crippen LogP contribution in [0.1, 0.15) is 39.3 Å². The Morgan fingerprint density at radius 3 is 2.58 bits per heavy atom. The van der Waals surface area contributed by atoms with Crippen molar-refractivity contribution >= 4 is 15.8 Å². The lowest BCUT2D eigenvalue weighted by molar-refractivity contribution is 0.299. The lowest BCUT2D eigenvalue weighted by atomic mass is 9.94. The zero-order valence-electron chi connectivity index (χ0n) is 16.2. The lowest BCUT2D eigenvalue weighted by Crippen LogP contribution is -2.45. The molecule has 1 aliphatic heterocycles. The van der Waals surface area contributed by atoms with Crippen molar-refractivity contribution in [2.75, 3.05) is 44.2 Å². The van der Waals surface area contributed by atoms with Crippen LogP contribution in [0.25, 0.3) is 0 Å². The molecule has 0 bridgehead atoms. The fourth-order valence-electron chi connectivity index (χ4n) is 2.52. The third-order valence-corrected chi connectivity index (χ3v) is 5.78. The van der Waals surface area contributed by atoms with E-state index in [0.29, 0.717) is 38.0 Å². The Bertz CT molecular complexity index is 692. The summed E-state index contributed by atoms with van der Waals surface area (Å²) in [6.07, 6.45) is 1.76. The van der Waals surface area contributed by atoms with Gasteiger partial charge in [-0.2, -0.15) is 0 Å². The van der Waals surface area contributed by atoms with Gasteiger partial charge in [-0.1, -0.05) is 20.8 Å². The van der Waals surface area contributed by atoms with Crippen molar-refractivity contribution < 1.29 is 12.8 Å². The SMILES string of the molecule is CCNC(=NCc1ncc(C(C)(C)C)o1)NCCN1CCS(=O)(=O)CC1. The number of rotatable bonds is 6. The summed E-state index contributed by atoms with van der Waals surface area (Å²) in [6.45, 7) is 12.1. The largest absolute Gasteiger partial charge is 0.443 e. The van der Waals surface area contributed by atoms with Crippen LogP contribution < -0.4 is 10.6 Å². The Kier molecular flexibility index (Phi) is 7.05. The minimum Gasteiger partial charge on any atom is -0.443 e. The number of aliphatic imine (C=N–C) groups is 1. The van der Waals surface area contributed by atoms with E-state index in [4.69, 9.17) is 4.42 Å². The van der Waals surface area contributed by atoms with Crippen molar-refractivity contribution in [3.8, 4) is 0 Å². The highest BCUT2D eigenvalue weighted by Gasteiger charge is 2.21. The highest BCUT2D eigenvalue weighted by molar-refractivity contribution is 7.91. The highest BCUT2D eigenvalue weighted by Crippen LogP contribution is 2.22. The molecule has 0 atom stereocenters. The van der Waals surface area contributed by atoms with Crippen molar-refractivity contribution in [3.63, 3.8) is 0 Å². The molecule has 0 spiro atoms. The number of nitrogens with one attached hydrogen (secondary N) is 2. The number of aromatic nitrogens is 1. The van der Waals surface area contributed by atoms with Gasteiger partial charge in [0.25, 0.3) is 0 Å². The van der Waals surface area contributed by atoms with Crippen LogP contribution in [-0.4, -0.2) is 68.5 Å². The Labute approximate surface area is 156 Å². The van der Waals surface area contributed by atoms with Gasteiger partial charge < -0.3 is 15.1 Å². The van der Waals surface area contributed by atoms with Gasteiger partial charge in [0.2, 0.25) is 5.89 Å². The molecule has 2 rings (SSSR count). The minimum absolute atomic E-state index is 0.0698. The Morgan fingerprint density at radius 2 is 2.00 bits per heavy atom. The Balaban J connectivity index is 1.82. The van der Waals surface area contributed by atoms with E-state index in [0.717, 1.165) is 18.8 Å². The molecule has 1 saturated heterocycles. The van der Waals surface area contributed by atoms with Crippen LogP contribution >= 0.6 is 0 Å². The average molecular weight is 386 g/mol. The zero-order chi connectivity index (χ0) is 19.2. The van der Waals surface area contributed by atoms with E-state index in [1.54, 1.807) is 6.20 Å². The first kappa shape index (κ1) is 20.7. The molecule has 1 aliphatic rings. The maximum atomic E-state index is 11.5. The average Bonchev–Trinajstić information content (AvgIpc) is 3.03. The van der Waals surface area contributed by atoms with Crippen LogP contribution in [0.3, 0.4) is 0 Å². The Morgan fingerprint density at radius 1 is 1.31 bits per heavy atom. The molecule has 0 amide bonds. The van der Waals surface area contributed by atoms with E-state index in [1.807, 2.05) is 6.92 Å². The number of guanidine groups is 1. The quantitative estimate of drug-likeness (QED) is 0.551. The Hall–Kier alpha value is -1.61. The van der Waals surface area contributed by atoms with E-state index >= 15 is 0 Å². The summed E-state index contributed by atoms with van der Waals surface area (Å²) in [6, 6.07) is 0. The number of nitrogens with zero attached hydrogens (tertiary/aromatic N) is 3. The molecular formula is C17H31N5O3S. The second-order valence-corrected chi connectivity index (χ2v) is 9.79. The van der Waals surface area contributed by atoms with E-state index in [2.05, 4.69) is 46.3 Å². The van der Waals surface area contributed by atoms with Crippen molar-refractivity contribution in [1.82, 2.24) is 20.5 Å². The van der Waals surface area contributed by atoms with Gasteiger partial charge >= 0.3 is 0 Å². The predicted molar refractivity (Wildman–Crippen MR) is 103 cm³/mol. The smallest absolute Gasteiger partial charge is 0.216 e. The third-order valence-electron chi connectivity index (χ3n) is 4.17. The number of sulfone groups is 1. The molecule has 148 valence electrons. The van der Waals surface area contributed by atoms with Crippen molar-refractivity contribution in [2.45, 2.75) is 39.7 Å². The fourth-order valence-corrected chi connectivity index (χ4v) is 3.80. The summed E-state index contributed by atoms with van der Waals surface area (Å²) < 4.78 is 28.7. The minimum atomic E-state index is -2.83. The maximum absolute atomic E-state index is 11.5. The van der Waals surface area contributed by atoms with E-state index in [9.17, 15) is 8.42 Å². The number of hydrogen-bond acceptors (Lipinski definition) is 6. The van der Waals surface area contributed by atoms with Crippen molar-refractivity contribution in [2.24, 2.45) is 4.99 Å². The van der Waals surface area contributed by atoms with Crippen LogP contribution in [0, 0.1) is 0 Å². The molecule has 0 unspecified atom stereocenters. The molecule has 8 nitrogen and oxygen atoms in total. The molecule has 0 aliphatic carbocycles. The van der Waals surface area contributed by atoms with Gasteiger partial charge in [-0.25, -0.2) is 18.4 Å². The third kappa shape index (κ3) is 6.60. The normalized spacial score (nSPS) is 18.7. The molecule has 0 saturated carbocycles. The van der Waals surface area contributed by atoms with Crippen LogP contribution in [-0.2, 0) is 21.8 Å². The molecule has 1 aromatic rings.